The number of nitriles is 1. The van der Waals surface area contributed by atoms with Crippen LogP contribution in [0.15, 0.2) is 60.3 Å². The molecule has 3 rings (SSSR count). The van der Waals surface area contributed by atoms with Gasteiger partial charge in [-0.2, -0.15) is 10.4 Å². The number of anilines is 1. The second-order valence-corrected chi connectivity index (χ2v) is 6.59. The van der Waals surface area contributed by atoms with Crippen molar-refractivity contribution in [1.29, 1.82) is 5.26 Å². The zero-order chi connectivity index (χ0) is 22.4. The van der Waals surface area contributed by atoms with Crippen LogP contribution in [0.4, 0.5) is 10.1 Å². The molecule has 3 aromatic rings. The third kappa shape index (κ3) is 5.15. The molecule has 0 aliphatic carbocycles. The molecule has 31 heavy (non-hydrogen) atoms. The number of nitrogens with one attached hydrogen (secondary N) is 1. The van der Waals surface area contributed by atoms with Crippen LogP contribution in [-0.4, -0.2) is 28.3 Å². The molecular formula is C22H16ClFN4O3. The minimum absolute atomic E-state index is 0.0453. The van der Waals surface area contributed by atoms with Crippen molar-refractivity contribution in [1.82, 2.24) is 9.78 Å². The van der Waals surface area contributed by atoms with E-state index in [0.29, 0.717) is 5.69 Å². The Labute approximate surface area is 182 Å². The topological polar surface area (TPSA) is 97.0 Å². The molecule has 2 aromatic carbocycles. The van der Waals surface area contributed by atoms with Gasteiger partial charge >= 0.3 is 5.97 Å². The molecule has 1 N–H and O–H groups in total. The quantitative estimate of drug-likeness (QED) is 0.350. The lowest BCUT2D eigenvalue weighted by atomic mass is 10.1. The molecule has 0 unspecified atom stereocenters. The number of esters is 1. The fraction of sp³-hybridized carbons (Fsp3) is 0.0909. The third-order valence-electron chi connectivity index (χ3n) is 4.07. The number of hydrogen-bond acceptors (Lipinski definition) is 5. The first-order valence-electron chi connectivity index (χ1n) is 9.13. The number of nitrogens with zero attached hydrogens (tertiary/aromatic N) is 3. The van der Waals surface area contributed by atoms with E-state index < -0.39 is 17.7 Å². The summed E-state index contributed by atoms with van der Waals surface area (Å²) in [5.41, 5.74) is 0.778. The van der Waals surface area contributed by atoms with Crippen molar-refractivity contribution in [3.63, 3.8) is 0 Å². The Kier molecular flexibility index (Phi) is 6.80. The summed E-state index contributed by atoms with van der Waals surface area (Å²) in [4.78, 5) is 24.9. The average Bonchev–Trinajstić information content (AvgIpc) is 3.19. The fourth-order valence-corrected chi connectivity index (χ4v) is 2.82. The maximum absolute atomic E-state index is 13.3. The number of benzene rings is 2. The lowest BCUT2D eigenvalue weighted by molar-refractivity contribution is -0.112. The highest BCUT2D eigenvalue weighted by molar-refractivity contribution is 6.31. The molecule has 0 aliphatic rings. The molecule has 7 nitrogen and oxygen atoms in total. The largest absolute Gasteiger partial charge is 0.461 e. The summed E-state index contributed by atoms with van der Waals surface area (Å²) in [7, 11) is 0. The van der Waals surface area contributed by atoms with Crippen molar-refractivity contribution in [2.75, 3.05) is 11.9 Å². The second-order valence-electron chi connectivity index (χ2n) is 6.19. The minimum Gasteiger partial charge on any atom is -0.461 e. The van der Waals surface area contributed by atoms with Gasteiger partial charge in [0.2, 0.25) is 0 Å². The first-order chi connectivity index (χ1) is 14.9. The Hall–Kier alpha value is -3.96. The highest BCUT2D eigenvalue weighted by Gasteiger charge is 2.20. The van der Waals surface area contributed by atoms with Crippen LogP contribution in [0.25, 0.3) is 11.8 Å². The summed E-state index contributed by atoms with van der Waals surface area (Å²) < 4.78 is 19.8. The van der Waals surface area contributed by atoms with Crippen molar-refractivity contribution < 1.29 is 18.7 Å². The smallest absolute Gasteiger partial charge is 0.359 e. The van der Waals surface area contributed by atoms with E-state index >= 15 is 0 Å². The lowest BCUT2D eigenvalue weighted by Gasteiger charge is -2.05. The molecular weight excluding hydrogens is 423 g/mol. The van der Waals surface area contributed by atoms with E-state index in [1.807, 2.05) is 6.07 Å². The molecule has 9 heteroatoms. The first kappa shape index (κ1) is 21.7. The number of ether oxygens (including phenoxy) is 1. The summed E-state index contributed by atoms with van der Waals surface area (Å²) in [6.45, 7) is 1.79. The van der Waals surface area contributed by atoms with Crippen LogP contribution in [0.2, 0.25) is 5.02 Å². The van der Waals surface area contributed by atoms with Gasteiger partial charge in [-0.05, 0) is 43.3 Å². The summed E-state index contributed by atoms with van der Waals surface area (Å²) >= 11 is 5.72. The zero-order valence-electron chi connectivity index (χ0n) is 16.3. The fourth-order valence-electron chi connectivity index (χ4n) is 2.64. The van der Waals surface area contributed by atoms with Gasteiger partial charge in [0.25, 0.3) is 5.91 Å². The van der Waals surface area contributed by atoms with E-state index in [-0.39, 0.29) is 34.1 Å². The predicted octanol–water partition coefficient (Wildman–Crippen LogP) is 4.39. The van der Waals surface area contributed by atoms with E-state index in [1.165, 1.54) is 29.1 Å². The molecule has 0 radical (unpaired) electrons. The lowest BCUT2D eigenvalue weighted by Crippen LogP contribution is -2.14. The van der Waals surface area contributed by atoms with Gasteiger partial charge in [0, 0.05) is 17.4 Å². The SMILES string of the molecule is CCOC(=O)c1nn(-c2ccccc2)cc1/C=C(/C#N)C(=O)Nc1ccc(F)c(Cl)c1. The Morgan fingerprint density at radius 1 is 1.29 bits per heavy atom. The third-order valence-corrected chi connectivity index (χ3v) is 4.36. The maximum Gasteiger partial charge on any atom is 0.359 e. The van der Waals surface area contributed by atoms with Crippen LogP contribution in [0.3, 0.4) is 0 Å². The highest BCUT2D eigenvalue weighted by Crippen LogP contribution is 2.21. The van der Waals surface area contributed by atoms with Gasteiger partial charge in [0.05, 0.1) is 17.3 Å². The van der Waals surface area contributed by atoms with Crippen LogP contribution in [0.5, 0.6) is 0 Å². The van der Waals surface area contributed by atoms with Gasteiger partial charge in [0.1, 0.15) is 17.5 Å². The normalized spacial score (nSPS) is 11.0. The molecule has 1 aromatic heterocycles. The van der Waals surface area contributed by atoms with Gasteiger partial charge in [-0.3, -0.25) is 4.79 Å². The number of hydrogen-bond donors (Lipinski definition) is 1. The maximum atomic E-state index is 13.3. The van der Waals surface area contributed by atoms with Gasteiger partial charge in [-0.1, -0.05) is 29.8 Å². The van der Waals surface area contributed by atoms with Crippen LogP contribution < -0.4 is 5.32 Å². The number of rotatable bonds is 6. The van der Waals surface area contributed by atoms with Crippen molar-refractivity contribution in [3.05, 3.63) is 82.4 Å². The van der Waals surface area contributed by atoms with Crippen LogP contribution in [-0.2, 0) is 9.53 Å². The minimum atomic E-state index is -0.757. The first-order valence-corrected chi connectivity index (χ1v) is 9.51. The molecule has 1 amide bonds. The molecule has 0 spiro atoms. The molecule has 0 aliphatic heterocycles. The molecule has 0 atom stereocenters. The van der Waals surface area contributed by atoms with Crippen molar-refractivity contribution >= 4 is 35.2 Å². The summed E-state index contributed by atoms with van der Waals surface area (Å²) in [6, 6.07) is 14.4. The molecule has 0 saturated heterocycles. The van der Waals surface area contributed by atoms with Gasteiger partial charge in [-0.25, -0.2) is 13.9 Å². The highest BCUT2D eigenvalue weighted by atomic mass is 35.5. The predicted molar refractivity (Wildman–Crippen MR) is 113 cm³/mol. The van der Waals surface area contributed by atoms with Crippen LogP contribution in [0, 0.1) is 17.1 Å². The van der Waals surface area contributed by atoms with E-state index in [1.54, 1.807) is 37.3 Å². The van der Waals surface area contributed by atoms with E-state index in [2.05, 4.69) is 10.4 Å². The number of halogens is 2. The molecule has 156 valence electrons. The second kappa shape index (κ2) is 9.69. The van der Waals surface area contributed by atoms with E-state index in [9.17, 15) is 19.2 Å². The van der Waals surface area contributed by atoms with Crippen molar-refractivity contribution in [2.24, 2.45) is 0 Å². The summed E-state index contributed by atoms with van der Waals surface area (Å²) in [5, 5.41) is 16.0. The molecule has 1 heterocycles. The number of aromatic nitrogens is 2. The average molecular weight is 439 g/mol. The van der Waals surface area contributed by atoms with Crippen LogP contribution >= 0.6 is 11.6 Å². The van der Waals surface area contributed by atoms with E-state index in [0.717, 1.165) is 6.07 Å². The standard InChI is InChI=1S/C22H16ClFN4O3/c1-2-31-22(30)20-15(13-28(27-20)17-6-4-3-5-7-17)10-14(12-25)21(29)26-16-8-9-19(24)18(23)11-16/h3-11,13H,2H2,1H3,(H,26,29)/b14-10-. The molecule has 0 bridgehead atoms. The number of carbonyl (C=O) groups is 2. The van der Waals surface area contributed by atoms with Crippen molar-refractivity contribution in [2.45, 2.75) is 6.92 Å². The monoisotopic (exact) mass is 438 g/mol. The summed E-state index contributed by atoms with van der Waals surface area (Å²) in [6.07, 6.45) is 2.75. The Morgan fingerprint density at radius 2 is 2.03 bits per heavy atom. The van der Waals surface area contributed by atoms with Crippen molar-refractivity contribution in [3.8, 4) is 11.8 Å². The van der Waals surface area contributed by atoms with Gasteiger partial charge in [-0.15, -0.1) is 0 Å². The van der Waals surface area contributed by atoms with Gasteiger partial charge in [0.15, 0.2) is 5.69 Å². The van der Waals surface area contributed by atoms with E-state index in [4.69, 9.17) is 16.3 Å². The Morgan fingerprint density at radius 3 is 2.68 bits per heavy atom. The number of amides is 1. The van der Waals surface area contributed by atoms with Crippen LogP contribution in [0.1, 0.15) is 23.0 Å². The summed E-state index contributed by atoms with van der Waals surface area (Å²) in [5.74, 6) is -2.08. The molecule has 0 saturated carbocycles. The van der Waals surface area contributed by atoms with Gasteiger partial charge < -0.3 is 10.1 Å². The zero-order valence-corrected chi connectivity index (χ0v) is 17.1. The Bertz CT molecular complexity index is 1200. The molecule has 0 fully saturated rings. The Balaban J connectivity index is 1.97. The number of para-hydroxylation sites is 1. The number of carbonyl (C=O) groups excluding carboxylic acids is 2.